The highest BCUT2D eigenvalue weighted by Crippen LogP contribution is 2.33. The second-order valence-electron chi connectivity index (χ2n) is 7.49. The highest BCUT2D eigenvalue weighted by Gasteiger charge is 2.34. The Labute approximate surface area is 175 Å². The summed E-state index contributed by atoms with van der Waals surface area (Å²) in [6.45, 7) is 0. The number of anilines is 2. The standard InChI is InChI=1S/C19H20F3N7O2/c1-28(2)10-7-11(8-10)31-13-3-5-24-9-12(13)25-18(30)15-16(23)27-29-6-4-14(19(20,21)22)26-17(15)29/h3-6,9-11H,7-8H2,1-2H3,(H2,23,27)(H,25,30). The largest absolute Gasteiger partial charge is 0.488 e. The number of pyridine rings is 1. The number of rotatable bonds is 5. The number of nitrogens with zero attached hydrogens (tertiary/aromatic N) is 5. The lowest BCUT2D eigenvalue weighted by atomic mass is 9.88. The summed E-state index contributed by atoms with van der Waals surface area (Å²) < 4.78 is 46.1. The second kappa shape index (κ2) is 7.69. The van der Waals surface area contributed by atoms with E-state index in [0.717, 1.165) is 29.6 Å². The third kappa shape index (κ3) is 4.10. The van der Waals surface area contributed by atoms with Crippen molar-refractivity contribution in [3.05, 3.63) is 42.0 Å². The van der Waals surface area contributed by atoms with Gasteiger partial charge in [-0.1, -0.05) is 0 Å². The molecule has 0 aliphatic heterocycles. The van der Waals surface area contributed by atoms with E-state index < -0.39 is 17.8 Å². The molecule has 3 N–H and O–H groups in total. The van der Waals surface area contributed by atoms with Crippen molar-refractivity contribution < 1.29 is 22.7 Å². The summed E-state index contributed by atoms with van der Waals surface area (Å²) in [5.41, 5.74) is 4.34. The lowest BCUT2D eigenvalue weighted by Gasteiger charge is -2.39. The first-order chi connectivity index (χ1) is 14.6. The number of alkyl halides is 3. The minimum Gasteiger partial charge on any atom is -0.488 e. The summed E-state index contributed by atoms with van der Waals surface area (Å²) in [6, 6.07) is 2.80. The number of carbonyl (C=O) groups is 1. The molecular weight excluding hydrogens is 415 g/mol. The van der Waals surface area contributed by atoms with Crippen LogP contribution in [0.2, 0.25) is 0 Å². The number of nitrogen functional groups attached to an aromatic ring is 1. The fraction of sp³-hybridized carbons (Fsp3) is 0.368. The average Bonchev–Trinajstić information content (AvgIpc) is 2.99. The third-order valence-corrected chi connectivity index (χ3v) is 5.15. The molecule has 1 fully saturated rings. The molecule has 0 spiro atoms. The maximum Gasteiger partial charge on any atom is 0.433 e. The first kappa shape index (κ1) is 20.8. The van der Waals surface area contributed by atoms with Crippen molar-refractivity contribution in [2.24, 2.45) is 0 Å². The maximum absolute atomic E-state index is 13.0. The summed E-state index contributed by atoms with van der Waals surface area (Å²) in [7, 11) is 4.00. The van der Waals surface area contributed by atoms with Gasteiger partial charge in [0.2, 0.25) is 0 Å². The minimum atomic E-state index is -4.67. The van der Waals surface area contributed by atoms with Gasteiger partial charge in [-0.15, -0.1) is 5.10 Å². The van der Waals surface area contributed by atoms with Crippen molar-refractivity contribution in [2.75, 3.05) is 25.1 Å². The van der Waals surface area contributed by atoms with Gasteiger partial charge in [0.1, 0.15) is 28.8 Å². The van der Waals surface area contributed by atoms with Gasteiger partial charge in [0.15, 0.2) is 11.5 Å². The first-order valence-corrected chi connectivity index (χ1v) is 9.44. The van der Waals surface area contributed by atoms with Crippen LogP contribution in [-0.2, 0) is 6.18 Å². The van der Waals surface area contributed by atoms with Crippen LogP contribution in [0.5, 0.6) is 5.75 Å². The molecule has 4 rings (SSSR count). The van der Waals surface area contributed by atoms with E-state index >= 15 is 0 Å². The predicted molar refractivity (Wildman–Crippen MR) is 106 cm³/mol. The van der Waals surface area contributed by atoms with Crippen LogP contribution in [0, 0.1) is 0 Å². The number of aromatic nitrogens is 4. The lowest BCUT2D eigenvalue weighted by Crippen LogP contribution is -2.46. The van der Waals surface area contributed by atoms with Gasteiger partial charge >= 0.3 is 6.18 Å². The fourth-order valence-corrected chi connectivity index (χ4v) is 3.32. The van der Waals surface area contributed by atoms with Crippen LogP contribution in [0.25, 0.3) is 5.65 Å². The number of hydrogen-bond donors (Lipinski definition) is 2. The molecule has 3 heterocycles. The van der Waals surface area contributed by atoms with Gasteiger partial charge in [-0.3, -0.25) is 9.78 Å². The molecule has 0 radical (unpaired) electrons. The Kier molecular flexibility index (Phi) is 5.17. The number of halogens is 3. The topological polar surface area (TPSA) is 111 Å². The third-order valence-electron chi connectivity index (χ3n) is 5.15. The van der Waals surface area contributed by atoms with Crippen molar-refractivity contribution >= 4 is 23.1 Å². The predicted octanol–water partition coefficient (Wildman–Crippen LogP) is 2.45. The second-order valence-corrected chi connectivity index (χ2v) is 7.49. The zero-order valence-electron chi connectivity index (χ0n) is 16.7. The Morgan fingerprint density at radius 2 is 2.06 bits per heavy atom. The zero-order chi connectivity index (χ0) is 22.3. The van der Waals surface area contributed by atoms with Crippen LogP contribution < -0.4 is 15.8 Å². The molecule has 0 bridgehead atoms. The lowest BCUT2D eigenvalue weighted by molar-refractivity contribution is -0.141. The van der Waals surface area contributed by atoms with E-state index in [1.807, 2.05) is 14.1 Å². The molecular formula is C19H20F3N7O2. The van der Waals surface area contributed by atoms with Crippen LogP contribution in [0.1, 0.15) is 28.9 Å². The van der Waals surface area contributed by atoms with Gasteiger partial charge < -0.3 is 20.7 Å². The Morgan fingerprint density at radius 1 is 1.32 bits per heavy atom. The minimum absolute atomic E-state index is 0.0106. The highest BCUT2D eigenvalue weighted by molar-refractivity contribution is 6.12. The zero-order valence-corrected chi connectivity index (χ0v) is 16.7. The molecule has 1 saturated carbocycles. The monoisotopic (exact) mass is 435 g/mol. The van der Waals surface area contributed by atoms with Crippen LogP contribution in [0.3, 0.4) is 0 Å². The molecule has 0 saturated heterocycles. The molecule has 0 unspecified atom stereocenters. The molecule has 0 atom stereocenters. The SMILES string of the molecule is CN(C)C1CC(Oc2ccncc2NC(=O)c2c(N)nn3ccc(C(F)(F)F)nc23)C1. The quantitative estimate of drug-likeness (QED) is 0.633. The van der Waals surface area contributed by atoms with E-state index in [0.29, 0.717) is 11.8 Å². The smallest absolute Gasteiger partial charge is 0.433 e. The molecule has 1 aliphatic rings. The van der Waals surface area contributed by atoms with Gasteiger partial charge in [0.25, 0.3) is 5.91 Å². The van der Waals surface area contributed by atoms with Gasteiger partial charge in [-0.05, 0) is 33.0 Å². The molecule has 3 aromatic heterocycles. The number of hydrogen-bond acceptors (Lipinski definition) is 7. The van der Waals surface area contributed by atoms with Crippen LogP contribution in [0.4, 0.5) is 24.7 Å². The number of ether oxygens (including phenoxy) is 1. The molecule has 3 aromatic rings. The van der Waals surface area contributed by atoms with Gasteiger partial charge in [-0.2, -0.15) is 13.2 Å². The molecule has 9 nitrogen and oxygen atoms in total. The van der Waals surface area contributed by atoms with Crippen molar-refractivity contribution in [1.82, 2.24) is 24.5 Å². The number of nitrogens with two attached hydrogens (primary N) is 1. The van der Waals surface area contributed by atoms with E-state index in [9.17, 15) is 18.0 Å². The van der Waals surface area contributed by atoms with E-state index in [4.69, 9.17) is 10.5 Å². The Bertz CT molecular complexity index is 1120. The Balaban J connectivity index is 1.58. The Hall–Kier alpha value is -3.41. The van der Waals surface area contributed by atoms with Crippen molar-refractivity contribution in [3.8, 4) is 5.75 Å². The average molecular weight is 435 g/mol. The number of carbonyl (C=O) groups excluding carboxylic acids is 1. The Morgan fingerprint density at radius 3 is 2.74 bits per heavy atom. The molecule has 164 valence electrons. The summed E-state index contributed by atoms with van der Waals surface area (Å²) >= 11 is 0. The molecule has 0 aromatic carbocycles. The number of amides is 1. The summed E-state index contributed by atoms with van der Waals surface area (Å²) in [5.74, 6) is -0.606. The van der Waals surface area contributed by atoms with Crippen molar-refractivity contribution in [3.63, 3.8) is 0 Å². The summed E-state index contributed by atoms with van der Waals surface area (Å²) in [6.07, 6.45) is 0.964. The van der Waals surface area contributed by atoms with Crippen LogP contribution in [0.15, 0.2) is 30.7 Å². The number of fused-ring (bicyclic) bond motifs is 1. The molecule has 1 amide bonds. The summed E-state index contributed by atoms with van der Waals surface area (Å²) in [5, 5.41) is 6.47. The fourth-order valence-electron chi connectivity index (χ4n) is 3.32. The van der Waals surface area contributed by atoms with Gasteiger partial charge in [0, 0.05) is 24.5 Å². The van der Waals surface area contributed by atoms with E-state index in [2.05, 4.69) is 25.3 Å². The van der Waals surface area contributed by atoms with Gasteiger partial charge in [0.05, 0.1) is 6.20 Å². The highest BCUT2D eigenvalue weighted by atomic mass is 19.4. The van der Waals surface area contributed by atoms with Crippen molar-refractivity contribution in [1.29, 1.82) is 0 Å². The molecule has 1 aliphatic carbocycles. The van der Waals surface area contributed by atoms with E-state index in [1.165, 1.54) is 12.4 Å². The van der Waals surface area contributed by atoms with Crippen molar-refractivity contribution in [2.45, 2.75) is 31.2 Å². The molecule has 12 heteroatoms. The van der Waals surface area contributed by atoms with Crippen LogP contribution in [-0.4, -0.2) is 56.6 Å². The number of nitrogens with one attached hydrogen (secondary N) is 1. The van der Waals surface area contributed by atoms with Crippen LogP contribution >= 0.6 is 0 Å². The van der Waals surface area contributed by atoms with E-state index in [-0.39, 0.29) is 28.8 Å². The van der Waals surface area contributed by atoms with Gasteiger partial charge in [-0.25, -0.2) is 9.50 Å². The normalized spacial score (nSPS) is 18.8. The van der Waals surface area contributed by atoms with E-state index in [1.54, 1.807) is 6.07 Å². The first-order valence-electron chi connectivity index (χ1n) is 9.44. The molecule has 31 heavy (non-hydrogen) atoms. The maximum atomic E-state index is 13.0. The summed E-state index contributed by atoms with van der Waals surface area (Å²) in [4.78, 5) is 22.5.